The monoisotopic (exact) mass is 368 g/mol. The van der Waals surface area contributed by atoms with Gasteiger partial charge in [-0.15, -0.1) is 0 Å². The minimum Gasteiger partial charge on any atom is -0.497 e. The molecule has 0 aliphatic rings. The Morgan fingerprint density at radius 1 is 0.714 bits per heavy atom. The Morgan fingerprint density at radius 3 is 2.25 bits per heavy atom. The van der Waals surface area contributed by atoms with Gasteiger partial charge in [0.15, 0.2) is 0 Å². The van der Waals surface area contributed by atoms with Gasteiger partial charge in [0, 0.05) is 22.4 Å². The third kappa shape index (κ3) is 2.43. The fraction of sp³-hybridized carbons (Fsp3) is 0.120. The fourth-order valence-electron chi connectivity index (χ4n) is 4.00. The van der Waals surface area contributed by atoms with Crippen molar-refractivity contribution in [1.29, 1.82) is 0 Å². The highest BCUT2D eigenvalue weighted by molar-refractivity contribution is 6.22. The van der Waals surface area contributed by atoms with Crippen LogP contribution < -0.4 is 9.47 Å². The molecule has 3 nitrogen and oxygen atoms in total. The first-order chi connectivity index (χ1) is 13.7. The summed E-state index contributed by atoms with van der Waals surface area (Å²) in [6.45, 7) is 2.10. The van der Waals surface area contributed by atoms with Crippen molar-refractivity contribution in [3.8, 4) is 22.6 Å². The highest BCUT2D eigenvalue weighted by atomic mass is 16.5. The summed E-state index contributed by atoms with van der Waals surface area (Å²) in [7, 11) is 3.36. The van der Waals surface area contributed by atoms with E-state index in [4.69, 9.17) is 13.9 Å². The lowest BCUT2D eigenvalue weighted by Gasteiger charge is -2.11. The third-order valence-corrected chi connectivity index (χ3v) is 5.40. The van der Waals surface area contributed by atoms with Crippen LogP contribution in [-0.4, -0.2) is 14.2 Å². The van der Waals surface area contributed by atoms with Crippen LogP contribution in [0.3, 0.4) is 0 Å². The molecule has 0 radical (unpaired) electrons. The molecule has 0 aliphatic carbocycles. The van der Waals surface area contributed by atoms with Gasteiger partial charge in [-0.3, -0.25) is 0 Å². The van der Waals surface area contributed by atoms with Crippen molar-refractivity contribution in [2.75, 3.05) is 14.2 Å². The van der Waals surface area contributed by atoms with Crippen molar-refractivity contribution in [3.05, 3.63) is 72.3 Å². The summed E-state index contributed by atoms with van der Waals surface area (Å²) in [6.07, 6.45) is 0. The smallest absolute Gasteiger partial charge is 0.143 e. The quantitative estimate of drug-likeness (QED) is 0.354. The van der Waals surface area contributed by atoms with Crippen LogP contribution >= 0.6 is 0 Å². The summed E-state index contributed by atoms with van der Waals surface area (Å²) in [5.41, 5.74) is 5.11. The van der Waals surface area contributed by atoms with E-state index in [1.165, 1.54) is 10.8 Å². The summed E-state index contributed by atoms with van der Waals surface area (Å²) in [5, 5.41) is 4.62. The molecule has 5 rings (SSSR count). The molecule has 28 heavy (non-hydrogen) atoms. The molecule has 0 saturated carbocycles. The zero-order valence-electron chi connectivity index (χ0n) is 16.1. The largest absolute Gasteiger partial charge is 0.497 e. The Hall–Kier alpha value is -3.46. The number of hydrogen-bond acceptors (Lipinski definition) is 3. The number of rotatable bonds is 3. The Kier molecular flexibility index (Phi) is 3.76. The number of benzene rings is 4. The average molecular weight is 368 g/mol. The lowest BCUT2D eigenvalue weighted by atomic mass is 9.94. The van der Waals surface area contributed by atoms with Gasteiger partial charge in [0.25, 0.3) is 0 Å². The number of ether oxygens (including phenoxy) is 2. The first-order valence-electron chi connectivity index (χ1n) is 9.26. The molecule has 0 spiro atoms. The zero-order valence-corrected chi connectivity index (χ0v) is 16.1. The molecule has 4 aromatic carbocycles. The van der Waals surface area contributed by atoms with E-state index in [9.17, 15) is 0 Å². The van der Waals surface area contributed by atoms with Gasteiger partial charge < -0.3 is 13.9 Å². The van der Waals surface area contributed by atoms with Gasteiger partial charge in [-0.1, -0.05) is 30.3 Å². The molecular weight excluding hydrogens is 348 g/mol. The summed E-state index contributed by atoms with van der Waals surface area (Å²) < 4.78 is 17.2. The van der Waals surface area contributed by atoms with Gasteiger partial charge in [0.05, 0.1) is 14.2 Å². The Bertz CT molecular complexity index is 1340. The standard InChI is InChI=1S/C25H20O3/c1-15-12-17(26-2)8-10-19(15)22-13-16-6-4-5-7-20(16)24-21-11-9-18(27-3)14-23(21)28-25(22)24/h4-14H,1-3H3. The Balaban J connectivity index is 1.93. The van der Waals surface area contributed by atoms with Crippen LogP contribution in [0.15, 0.2) is 71.1 Å². The van der Waals surface area contributed by atoms with Crippen molar-refractivity contribution in [1.82, 2.24) is 0 Å². The lowest BCUT2D eigenvalue weighted by Crippen LogP contribution is -1.88. The molecule has 3 heteroatoms. The van der Waals surface area contributed by atoms with Crippen molar-refractivity contribution in [2.24, 2.45) is 0 Å². The SMILES string of the molecule is COc1ccc(-c2cc3ccccc3c3c2oc2cc(OC)ccc23)c(C)c1. The van der Waals surface area contributed by atoms with E-state index in [1.54, 1.807) is 14.2 Å². The van der Waals surface area contributed by atoms with Crippen molar-refractivity contribution in [3.63, 3.8) is 0 Å². The second-order valence-electron chi connectivity index (χ2n) is 6.99. The Morgan fingerprint density at radius 2 is 1.46 bits per heavy atom. The second-order valence-corrected chi connectivity index (χ2v) is 6.99. The maximum atomic E-state index is 6.39. The number of fused-ring (bicyclic) bond motifs is 5. The summed E-state index contributed by atoms with van der Waals surface area (Å²) >= 11 is 0. The zero-order chi connectivity index (χ0) is 19.3. The van der Waals surface area contributed by atoms with Gasteiger partial charge in [0.2, 0.25) is 0 Å². The maximum Gasteiger partial charge on any atom is 0.143 e. The molecule has 0 aliphatic heterocycles. The number of furan rings is 1. The molecular formula is C25H20O3. The third-order valence-electron chi connectivity index (χ3n) is 5.40. The van der Waals surface area contributed by atoms with E-state index in [2.05, 4.69) is 55.5 Å². The Labute approximate surface area is 163 Å². The molecule has 1 aromatic heterocycles. The molecule has 0 amide bonds. The highest BCUT2D eigenvalue weighted by Gasteiger charge is 2.17. The number of aryl methyl sites for hydroxylation is 1. The predicted octanol–water partition coefficient (Wildman–Crippen LogP) is 6.73. The molecule has 0 bridgehead atoms. The predicted molar refractivity (Wildman–Crippen MR) is 115 cm³/mol. The summed E-state index contributed by atoms with van der Waals surface area (Å²) in [6, 6.07) is 22.8. The molecule has 0 saturated heterocycles. The minimum atomic E-state index is 0.790. The summed E-state index contributed by atoms with van der Waals surface area (Å²) in [5.74, 6) is 1.64. The van der Waals surface area contributed by atoms with E-state index < -0.39 is 0 Å². The van der Waals surface area contributed by atoms with Crippen LogP contribution in [-0.2, 0) is 0 Å². The van der Waals surface area contributed by atoms with Crippen LogP contribution in [0.5, 0.6) is 11.5 Å². The van der Waals surface area contributed by atoms with Crippen molar-refractivity contribution < 1.29 is 13.9 Å². The second kappa shape index (κ2) is 6.31. The number of methoxy groups -OCH3 is 2. The fourth-order valence-corrected chi connectivity index (χ4v) is 4.00. The first kappa shape index (κ1) is 16.7. The molecule has 1 heterocycles. The van der Waals surface area contributed by atoms with E-state index in [1.807, 2.05) is 18.2 Å². The van der Waals surface area contributed by atoms with Crippen molar-refractivity contribution >= 4 is 32.7 Å². The van der Waals surface area contributed by atoms with E-state index >= 15 is 0 Å². The lowest BCUT2D eigenvalue weighted by molar-refractivity contribution is 0.414. The van der Waals surface area contributed by atoms with Gasteiger partial charge in [-0.05, 0) is 59.2 Å². The van der Waals surface area contributed by atoms with Gasteiger partial charge >= 0.3 is 0 Å². The molecule has 0 N–H and O–H groups in total. The van der Waals surface area contributed by atoms with Crippen LogP contribution in [0, 0.1) is 6.92 Å². The van der Waals surface area contributed by atoms with E-state index in [0.717, 1.165) is 50.1 Å². The molecule has 0 atom stereocenters. The van der Waals surface area contributed by atoms with Crippen LogP contribution in [0.4, 0.5) is 0 Å². The highest BCUT2D eigenvalue weighted by Crippen LogP contribution is 2.42. The molecule has 138 valence electrons. The minimum absolute atomic E-state index is 0.790. The first-order valence-corrected chi connectivity index (χ1v) is 9.26. The molecule has 0 unspecified atom stereocenters. The topological polar surface area (TPSA) is 31.6 Å². The van der Waals surface area contributed by atoms with Crippen LogP contribution in [0.1, 0.15) is 5.56 Å². The van der Waals surface area contributed by atoms with Gasteiger partial charge in [-0.2, -0.15) is 0 Å². The van der Waals surface area contributed by atoms with Crippen LogP contribution in [0.25, 0.3) is 43.8 Å². The van der Waals surface area contributed by atoms with Gasteiger partial charge in [0.1, 0.15) is 22.7 Å². The van der Waals surface area contributed by atoms with Crippen LogP contribution in [0.2, 0.25) is 0 Å². The van der Waals surface area contributed by atoms with Gasteiger partial charge in [-0.25, -0.2) is 0 Å². The van der Waals surface area contributed by atoms with E-state index in [-0.39, 0.29) is 0 Å². The molecule has 0 fully saturated rings. The number of hydrogen-bond donors (Lipinski definition) is 0. The van der Waals surface area contributed by atoms with E-state index in [0.29, 0.717) is 0 Å². The summed E-state index contributed by atoms with van der Waals surface area (Å²) in [4.78, 5) is 0. The molecule has 5 aromatic rings. The normalized spacial score (nSPS) is 11.4. The average Bonchev–Trinajstić information content (AvgIpc) is 3.12. The van der Waals surface area contributed by atoms with Crippen molar-refractivity contribution in [2.45, 2.75) is 6.92 Å². The maximum absolute atomic E-state index is 6.39.